The van der Waals surface area contributed by atoms with E-state index in [2.05, 4.69) is 47.4 Å². The normalized spacial score (nSPS) is 21.4. The minimum Gasteiger partial charge on any atom is -0.377 e. The molecule has 4 nitrogen and oxygen atoms in total. The summed E-state index contributed by atoms with van der Waals surface area (Å²) in [5, 5.41) is 0. The van der Waals surface area contributed by atoms with Crippen molar-refractivity contribution in [2.24, 2.45) is 11.1 Å². The topological polar surface area (TPSA) is 55.6 Å². The van der Waals surface area contributed by atoms with E-state index < -0.39 is 0 Å². The van der Waals surface area contributed by atoms with E-state index in [-0.39, 0.29) is 5.91 Å². The molecule has 0 saturated carbocycles. The van der Waals surface area contributed by atoms with Gasteiger partial charge in [-0.05, 0) is 67.3 Å². The first-order valence-corrected chi connectivity index (χ1v) is 10.9. The summed E-state index contributed by atoms with van der Waals surface area (Å²) in [6.07, 6.45) is 6.76. The van der Waals surface area contributed by atoms with E-state index in [9.17, 15) is 4.79 Å². The fraction of sp³-hybridized carbons (Fsp3) is 0.480. The monoisotopic (exact) mass is 392 g/mol. The molecule has 2 saturated heterocycles. The maximum Gasteiger partial charge on any atom is 0.221 e. The van der Waals surface area contributed by atoms with Gasteiger partial charge in [0.15, 0.2) is 0 Å². The van der Waals surface area contributed by atoms with Crippen LogP contribution in [-0.4, -0.2) is 36.6 Å². The van der Waals surface area contributed by atoms with Crippen LogP contribution in [0.4, 0.5) is 0 Å². The van der Waals surface area contributed by atoms with Gasteiger partial charge in [-0.25, -0.2) is 0 Å². The number of carbonyl (C=O) groups is 1. The van der Waals surface area contributed by atoms with Gasteiger partial charge in [-0.15, -0.1) is 0 Å². The number of hydrogen-bond acceptors (Lipinski definition) is 3. The van der Waals surface area contributed by atoms with Crippen LogP contribution >= 0.6 is 0 Å². The molecule has 2 aliphatic heterocycles. The molecule has 154 valence electrons. The molecule has 1 atom stereocenters. The largest absolute Gasteiger partial charge is 0.377 e. The van der Waals surface area contributed by atoms with Gasteiger partial charge in [0.25, 0.3) is 0 Å². The van der Waals surface area contributed by atoms with Crippen LogP contribution in [0.15, 0.2) is 54.6 Å². The van der Waals surface area contributed by atoms with Crippen molar-refractivity contribution in [1.29, 1.82) is 0 Å². The highest BCUT2D eigenvalue weighted by Crippen LogP contribution is 2.45. The predicted octanol–water partition coefficient (Wildman–Crippen LogP) is 3.72. The van der Waals surface area contributed by atoms with Gasteiger partial charge < -0.3 is 10.5 Å². The van der Waals surface area contributed by atoms with Gasteiger partial charge in [-0.3, -0.25) is 9.69 Å². The third-order valence-electron chi connectivity index (χ3n) is 6.80. The van der Waals surface area contributed by atoms with Gasteiger partial charge in [0.05, 0.1) is 12.5 Å². The lowest BCUT2D eigenvalue weighted by atomic mass is 9.68. The minimum absolute atomic E-state index is 0.279. The Labute approximate surface area is 174 Å². The summed E-state index contributed by atoms with van der Waals surface area (Å²) in [7, 11) is 0. The molecule has 1 unspecified atom stereocenters. The maximum absolute atomic E-state index is 11.1. The first kappa shape index (κ1) is 20.1. The van der Waals surface area contributed by atoms with Crippen LogP contribution in [0.5, 0.6) is 0 Å². The number of carbonyl (C=O) groups excluding carboxylic acids is 1. The molecule has 2 aliphatic rings. The molecule has 1 amide bonds. The standard InChI is InChI=1S/C25H32N2O2/c26-24(28)18-21-6-8-22(9-7-21)19-27-15-13-25(14-16-27,23-11-17-29-23)12-10-20-4-2-1-3-5-20/h1-9,23H,10-19H2,(H2,26,28). The summed E-state index contributed by atoms with van der Waals surface area (Å²) < 4.78 is 6.00. The molecule has 0 spiro atoms. The first-order chi connectivity index (χ1) is 14.1. The molecule has 0 bridgehead atoms. The van der Waals surface area contributed by atoms with E-state index in [1.807, 2.05) is 12.1 Å². The number of piperidine rings is 1. The zero-order valence-corrected chi connectivity index (χ0v) is 17.2. The van der Waals surface area contributed by atoms with E-state index in [0.717, 1.165) is 38.2 Å². The Kier molecular flexibility index (Phi) is 6.31. The molecule has 2 aromatic rings. The number of ether oxygens (including phenoxy) is 1. The number of aryl methyl sites for hydroxylation is 1. The van der Waals surface area contributed by atoms with Crippen molar-refractivity contribution >= 4 is 5.91 Å². The van der Waals surface area contributed by atoms with Crippen LogP contribution in [0.25, 0.3) is 0 Å². The van der Waals surface area contributed by atoms with Crippen molar-refractivity contribution in [1.82, 2.24) is 4.90 Å². The summed E-state index contributed by atoms with van der Waals surface area (Å²) in [6, 6.07) is 19.2. The second-order valence-electron chi connectivity index (χ2n) is 8.73. The Morgan fingerprint density at radius 1 is 1.00 bits per heavy atom. The third kappa shape index (κ3) is 5.06. The molecule has 0 aliphatic carbocycles. The third-order valence-corrected chi connectivity index (χ3v) is 6.80. The number of likely N-dealkylation sites (tertiary alicyclic amines) is 1. The molecule has 29 heavy (non-hydrogen) atoms. The predicted molar refractivity (Wildman–Crippen MR) is 115 cm³/mol. The highest BCUT2D eigenvalue weighted by molar-refractivity contribution is 5.76. The summed E-state index contributed by atoms with van der Waals surface area (Å²) in [4.78, 5) is 13.6. The van der Waals surface area contributed by atoms with Crippen molar-refractivity contribution in [2.75, 3.05) is 19.7 Å². The van der Waals surface area contributed by atoms with Crippen LogP contribution in [0.3, 0.4) is 0 Å². The van der Waals surface area contributed by atoms with Gasteiger partial charge in [0.1, 0.15) is 0 Å². The van der Waals surface area contributed by atoms with Crippen LogP contribution in [0.2, 0.25) is 0 Å². The number of hydrogen-bond donors (Lipinski definition) is 1. The zero-order valence-electron chi connectivity index (χ0n) is 17.2. The van der Waals surface area contributed by atoms with Crippen LogP contribution < -0.4 is 5.73 Å². The van der Waals surface area contributed by atoms with Gasteiger partial charge in [0, 0.05) is 13.2 Å². The quantitative estimate of drug-likeness (QED) is 0.745. The van der Waals surface area contributed by atoms with Crippen molar-refractivity contribution in [3.63, 3.8) is 0 Å². The number of benzene rings is 2. The maximum atomic E-state index is 11.1. The summed E-state index contributed by atoms with van der Waals surface area (Å²) in [5.41, 5.74) is 9.34. The van der Waals surface area contributed by atoms with Crippen molar-refractivity contribution in [3.8, 4) is 0 Å². The highest BCUT2D eigenvalue weighted by Gasteiger charge is 2.44. The Morgan fingerprint density at radius 2 is 1.66 bits per heavy atom. The Morgan fingerprint density at radius 3 is 2.24 bits per heavy atom. The second kappa shape index (κ2) is 9.10. The number of rotatable bonds is 8. The van der Waals surface area contributed by atoms with Gasteiger partial charge >= 0.3 is 0 Å². The van der Waals surface area contributed by atoms with E-state index in [0.29, 0.717) is 17.9 Å². The first-order valence-electron chi connectivity index (χ1n) is 10.9. The van der Waals surface area contributed by atoms with Gasteiger partial charge in [0.2, 0.25) is 5.91 Å². The average molecular weight is 393 g/mol. The van der Waals surface area contributed by atoms with Crippen molar-refractivity contribution in [3.05, 3.63) is 71.3 Å². The molecule has 4 rings (SSSR count). The van der Waals surface area contributed by atoms with Gasteiger partial charge in [-0.1, -0.05) is 54.6 Å². The fourth-order valence-corrected chi connectivity index (χ4v) is 4.87. The second-order valence-corrected chi connectivity index (χ2v) is 8.73. The van der Waals surface area contributed by atoms with Crippen LogP contribution in [0, 0.1) is 5.41 Å². The smallest absolute Gasteiger partial charge is 0.221 e. The van der Waals surface area contributed by atoms with E-state index >= 15 is 0 Å². The molecule has 2 heterocycles. The van der Waals surface area contributed by atoms with Crippen LogP contribution in [-0.2, 0) is 28.9 Å². The Bertz CT molecular complexity index is 791. The molecule has 2 fully saturated rings. The lowest BCUT2D eigenvalue weighted by Crippen LogP contribution is -2.51. The number of nitrogens with two attached hydrogens (primary N) is 1. The molecular formula is C25H32N2O2. The molecular weight excluding hydrogens is 360 g/mol. The molecule has 0 aromatic heterocycles. The summed E-state index contributed by atoms with van der Waals surface area (Å²) >= 11 is 0. The molecule has 2 aromatic carbocycles. The number of nitrogens with zero attached hydrogens (tertiary/aromatic N) is 1. The average Bonchev–Trinajstić information content (AvgIpc) is 2.69. The zero-order chi connectivity index (χ0) is 20.1. The SMILES string of the molecule is NC(=O)Cc1ccc(CN2CCC(CCc3ccccc3)(C3CCO3)CC2)cc1. The van der Waals surface area contributed by atoms with E-state index in [1.54, 1.807) is 0 Å². The summed E-state index contributed by atoms with van der Waals surface area (Å²) in [6.45, 7) is 4.14. The Hall–Kier alpha value is -2.17. The lowest BCUT2D eigenvalue weighted by Gasteiger charge is -2.50. The summed E-state index contributed by atoms with van der Waals surface area (Å²) in [5.74, 6) is -0.279. The van der Waals surface area contributed by atoms with Crippen LogP contribution in [0.1, 0.15) is 42.4 Å². The van der Waals surface area contributed by atoms with Gasteiger partial charge in [-0.2, -0.15) is 0 Å². The number of amides is 1. The minimum atomic E-state index is -0.279. The van der Waals surface area contributed by atoms with Crippen molar-refractivity contribution < 1.29 is 9.53 Å². The van der Waals surface area contributed by atoms with Crippen molar-refractivity contribution in [2.45, 2.75) is 51.2 Å². The molecule has 2 N–H and O–H groups in total. The molecule has 4 heteroatoms. The fourth-order valence-electron chi connectivity index (χ4n) is 4.87. The Balaban J connectivity index is 1.33. The molecule has 0 radical (unpaired) electrons. The lowest BCUT2D eigenvalue weighted by molar-refractivity contribution is -0.148. The van der Waals surface area contributed by atoms with E-state index in [1.165, 1.54) is 36.8 Å². The van der Waals surface area contributed by atoms with E-state index in [4.69, 9.17) is 10.5 Å². The highest BCUT2D eigenvalue weighted by atomic mass is 16.5. The number of primary amides is 1.